The van der Waals surface area contributed by atoms with Crippen molar-refractivity contribution in [3.63, 3.8) is 0 Å². The van der Waals surface area contributed by atoms with Crippen LogP contribution >= 0.6 is 0 Å². The lowest BCUT2D eigenvalue weighted by Crippen LogP contribution is -2.31. The van der Waals surface area contributed by atoms with Gasteiger partial charge in [-0.25, -0.2) is 9.97 Å². The van der Waals surface area contributed by atoms with Crippen LogP contribution < -0.4 is 10.6 Å². The van der Waals surface area contributed by atoms with Gasteiger partial charge >= 0.3 is 0 Å². The molecule has 2 rings (SSSR count). The molecule has 1 aromatic heterocycles. The molecule has 2 heterocycles. The highest BCUT2D eigenvalue weighted by atomic mass is 16.5. The van der Waals surface area contributed by atoms with Crippen LogP contribution in [0.4, 0.5) is 11.6 Å². The van der Waals surface area contributed by atoms with Crippen molar-refractivity contribution in [2.45, 2.75) is 52.5 Å². The zero-order chi connectivity index (χ0) is 15.1. The van der Waals surface area contributed by atoms with Gasteiger partial charge in [0.05, 0.1) is 0 Å². The van der Waals surface area contributed by atoms with Crippen LogP contribution in [0, 0.1) is 5.92 Å². The van der Waals surface area contributed by atoms with Gasteiger partial charge in [0, 0.05) is 31.4 Å². The number of anilines is 2. The fraction of sp³-hybridized carbons (Fsp3) is 0.750. The Morgan fingerprint density at radius 1 is 1.24 bits per heavy atom. The minimum atomic E-state index is 0.411. The molecule has 0 saturated carbocycles. The number of nitrogens with one attached hydrogen (secondary N) is 2. The highest BCUT2D eigenvalue weighted by Crippen LogP contribution is 2.26. The van der Waals surface area contributed by atoms with Crippen molar-refractivity contribution in [3.05, 3.63) is 11.9 Å². The molecule has 1 fully saturated rings. The van der Waals surface area contributed by atoms with Crippen LogP contribution in [0.5, 0.6) is 0 Å². The molecule has 0 amide bonds. The molecule has 2 N–H and O–H groups in total. The molecule has 0 bridgehead atoms. The van der Waals surface area contributed by atoms with Crippen molar-refractivity contribution in [2.24, 2.45) is 5.92 Å². The van der Waals surface area contributed by atoms with Gasteiger partial charge in [-0.15, -0.1) is 0 Å². The number of hydrogen-bond acceptors (Lipinski definition) is 5. The summed E-state index contributed by atoms with van der Waals surface area (Å²) in [4.78, 5) is 8.87. The van der Waals surface area contributed by atoms with Gasteiger partial charge in [0.2, 0.25) is 0 Å². The number of hydrogen-bond donors (Lipinski definition) is 2. The Balaban J connectivity index is 2.11. The second-order valence-corrected chi connectivity index (χ2v) is 5.71. The number of nitrogens with zero attached hydrogens (tertiary/aromatic N) is 2. The Bertz CT molecular complexity index is 432. The quantitative estimate of drug-likeness (QED) is 0.808. The third-order valence-electron chi connectivity index (χ3n) is 4.13. The molecule has 0 radical (unpaired) electrons. The molecule has 5 heteroatoms. The van der Waals surface area contributed by atoms with Crippen molar-refractivity contribution in [2.75, 3.05) is 30.4 Å². The molecular weight excluding hydrogens is 264 g/mol. The predicted octanol–water partition coefficient (Wildman–Crippen LogP) is 3.09. The molecule has 118 valence electrons. The minimum absolute atomic E-state index is 0.411. The summed E-state index contributed by atoms with van der Waals surface area (Å²) in [5, 5.41) is 6.96. The molecule has 5 nitrogen and oxygen atoms in total. The van der Waals surface area contributed by atoms with Crippen LogP contribution in [0.1, 0.15) is 45.6 Å². The average Bonchev–Trinajstić information content (AvgIpc) is 2.51. The van der Waals surface area contributed by atoms with Gasteiger partial charge < -0.3 is 15.4 Å². The molecule has 0 aromatic carbocycles. The van der Waals surface area contributed by atoms with E-state index in [2.05, 4.69) is 41.4 Å². The first-order valence-corrected chi connectivity index (χ1v) is 8.18. The van der Waals surface area contributed by atoms with Crippen LogP contribution in [0.3, 0.4) is 0 Å². The van der Waals surface area contributed by atoms with Crippen LogP contribution in [-0.2, 0) is 11.2 Å². The molecule has 1 atom stereocenters. The normalized spacial score (nSPS) is 17.5. The Morgan fingerprint density at radius 3 is 2.62 bits per heavy atom. The van der Waals surface area contributed by atoms with E-state index in [4.69, 9.17) is 4.74 Å². The first-order chi connectivity index (χ1) is 10.3. The van der Waals surface area contributed by atoms with Crippen molar-refractivity contribution in [1.82, 2.24) is 9.97 Å². The monoisotopic (exact) mass is 292 g/mol. The highest BCUT2D eigenvalue weighted by Gasteiger charge is 2.22. The van der Waals surface area contributed by atoms with Gasteiger partial charge in [-0.05, 0) is 39.0 Å². The molecular formula is C16H28N4O. The summed E-state index contributed by atoms with van der Waals surface area (Å²) in [6, 6.07) is 0.411. The first kappa shape index (κ1) is 16.0. The number of rotatable bonds is 7. The summed E-state index contributed by atoms with van der Waals surface area (Å²) in [5.41, 5.74) is 1.21. The first-order valence-electron chi connectivity index (χ1n) is 8.18. The molecule has 1 aliphatic heterocycles. The van der Waals surface area contributed by atoms with Gasteiger partial charge in [-0.3, -0.25) is 0 Å². The molecule has 1 unspecified atom stereocenters. The zero-order valence-corrected chi connectivity index (χ0v) is 13.5. The van der Waals surface area contributed by atoms with Crippen molar-refractivity contribution in [1.29, 1.82) is 0 Å². The summed E-state index contributed by atoms with van der Waals surface area (Å²) in [6.07, 6.45) is 5.99. The van der Waals surface area contributed by atoms with E-state index >= 15 is 0 Å². The molecule has 0 aliphatic carbocycles. The lowest BCUT2D eigenvalue weighted by Gasteiger charge is -2.29. The summed E-state index contributed by atoms with van der Waals surface area (Å²) in [5.74, 6) is 2.61. The fourth-order valence-corrected chi connectivity index (χ4v) is 2.89. The fourth-order valence-electron chi connectivity index (χ4n) is 2.89. The molecule has 21 heavy (non-hydrogen) atoms. The largest absolute Gasteiger partial charge is 0.381 e. The van der Waals surface area contributed by atoms with E-state index in [1.165, 1.54) is 5.56 Å². The zero-order valence-electron chi connectivity index (χ0n) is 13.5. The van der Waals surface area contributed by atoms with Crippen molar-refractivity contribution in [3.8, 4) is 0 Å². The number of aromatic nitrogens is 2. The van der Waals surface area contributed by atoms with Crippen LogP contribution in [0.15, 0.2) is 6.33 Å². The maximum atomic E-state index is 5.45. The van der Waals surface area contributed by atoms with E-state index in [-0.39, 0.29) is 0 Å². The van der Waals surface area contributed by atoms with E-state index in [0.717, 1.165) is 57.1 Å². The lowest BCUT2D eigenvalue weighted by atomic mass is 9.93. The van der Waals surface area contributed by atoms with E-state index in [9.17, 15) is 0 Å². The topological polar surface area (TPSA) is 59.1 Å². The van der Waals surface area contributed by atoms with Crippen LogP contribution in [-0.4, -0.2) is 35.8 Å². The smallest absolute Gasteiger partial charge is 0.134 e. The third-order valence-corrected chi connectivity index (χ3v) is 4.13. The van der Waals surface area contributed by atoms with Crippen molar-refractivity contribution >= 4 is 11.6 Å². The van der Waals surface area contributed by atoms with Gasteiger partial charge in [-0.1, -0.05) is 13.3 Å². The average molecular weight is 292 g/mol. The van der Waals surface area contributed by atoms with E-state index in [1.807, 2.05) is 0 Å². The molecule has 1 saturated heterocycles. The van der Waals surface area contributed by atoms with E-state index in [0.29, 0.717) is 12.0 Å². The Hall–Kier alpha value is -1.36. The Kier molecular flexibility index (Phi) is 6.23. The van der Waals surface area contributed by atoms with E-state index in [1.54, 1.807) is 6.33 Å². The van der Waals surface area contributed by atoms with Crippen LogP contribution in [0.2, 0.25) is 0 Å². The van der Waals surface area contributed by atoms with Gasteiger partial charge in [0.25, 0.3) is 0 Å². The van der Waals surface area contributed by atoms with Gasteiger partial charge in [0.1, 0.15) is 18.0 Å². The summed E-state index contributed by atoms with van der Waals surface area (Å²) in [6.45, 7) is 9.17. The molecule has 0 spiro atoms. The third kappa shape index (κ3) is 4.30. The summed E-state index contributed by atoms with van der Waals surface area (Å²) in [7, 11) is 0. The van der Waals surface area contributed by atoms with Crippen LogP contribution in [0.25, 0.3) is 0 Å². The summed E-state index contributed by atoms with van der Waals surface area (Å²) < 4.78 is 5.45. The van der Waals surface area contributed by atoms with Gasteiger partial charge in [-0.2, -0.15) is 0 Å². The van der Waals surface area contributed by atoms with Gasteiger partial charge in [0.15, 0.2) is 0 Å². The maximum absolute atomic E-state index is 5.45. The Labute approximate surface area is 127 Å². The summed E-state index contributed by atoms with van der Waals surface area (Å²) >= 11 is 0. The standard InChI is InChI=1S/C16H28N4O/c1-4-6-14-15(17-5-2)18-11-19-16(14)20-12(3)13-7-9-21-10-8-13/h11-13H,4-10H2,1-3H3,(H2,17,18,19,20). The molecule has 1 aromatic rings. The second-order valence-electron chi connectivity index (χ2n) is 5.71. The predicted molar refractivity (Wildman–Crippen MR) is 86.8 cm³/mol. The van der Waals surface area contributed by atoms with E-state index < -0.39 is 0 Å². The van der Waals surface area contributed by atoms with Crippen molar-refractivity contribution < 1.29 is 4.74 Å². The highest BCUT2D eigenvalue weighted by molar-refractivity contribution is 5.57. The lowest BCUT2D eigenvalue weighted by molar-refractivity contribution is 0.0622. The maximum Gasteiger partial charge on any atom is 0.134 e. The SMILES string of the molecule is CCCc1c(NCC)ncnc1NC(C)C1CCOCC1. The Morgan fingerprint density at radius 2 is 1.95 bits per heavy atom. The number of ether oxygens (including phenoxy) is 1. The minimum Gasteiger partial charge on any atom is -0.381 e. The molecule has 1 aliphatic rings. The second kappa shape index (κ2) is 8.17.